The number of fused-ring (bicyclic) bond motifs is 2. The minimum Gasteiger partial charge on any atom is -0.481 e. The summed E-state index contributed by atoms with van der Waals surface area (Å²) >= 11 is 0. The molecule has 0 aliphatic heterocycles. The predicted octanol–water partition coefficient (Wildman–Crippen LogP) is 7.75. The van der Waals surface area contributed by atoms with Crippen molar-refractivity contribution in [2.24, 2.45) is 16.7 Å². The van der Waals surface area contributed by atoms with Crippen molar-refractivity contribution in [3.8, 4) is 0 Å². The number of hydrogen-bond donors (Lipinski definition) is 2. The molecular weight excluding hydrogens is 360 g/mol. The number of unbranched alkanes of at least 4 members (excludes halogenated alkanes) is 12. The van der Waals surface area contributed by atoms with Gasteiger partial charge in [-0.1, -0.05) is 105 Å². The molecule has 2 saturated carbocycles. The van der Waals surface area contributed by atoms with E-state index in [0.29, 0.717) is 11.8 Å². The SMILES string of the molecule is CC1(C)[C@@H]2CC[C@]1(C)[C@@H](O)C2.CCCCCCCCCCCCCCCC(=O)O. The lowest BCUT2D eigenvalue weighted by Crippen LogP contribution is -2.35. The van der Waals surface area contributed by atoms with Crippen LogP contribution in [0.3, 0.4) is 0 Å². The van der Waals surface area contributed by atoms with Gasteiger partial charge in [0.25, 0.3) is 0 Å². The molecule has 3 nitrogen and oxygen atoms in total. The van der Waals surface area contributed by atoms with Crippen LogP contribution in [0.1, 0.15) is 137 Å². The van der Waals surface area contributed by atoms with Crippen LogP contribution in [0.15, 0.2) is 0 Å². The van der Waals surface area contributed by atoms with E-state index in [4.69, 9.17) is 5.11 Å². The van der Waals surface area contributed by atoms with E-state index in [1.165, 1.54) is 83.5 Å². The summed E-state index contributed by atoms with van der Waals surface area (Å²) in [6.45, 7) is 9.16. The van der Waals surface area contributed by atoms with Crippen LogP contribution in [0, 0.1) is 16.7 Å². The molecule has 2 N–H and O–H groups in total. The van der Waals surface area contributed by atoms with Crippen LogP contribution >= 0.6 is 0 Å². The van der Waals surface area contributed by atoms with Gasteiger partial charge >= 0.3 is 5.97 Å². The Morgan fingerprint density at radius 2 is 1.28 bits per heavy atom. The molecule has 0 saturated heterocycles. The van der Waals surface area contributed by atoms with Gasteiger partial charge in [-0.15, -0.1) is 0 Å². The number of aliphatic hydroxyl groups excluding tert-OH is 1. The van der Waals surface area contributed by atoms with Gasteiger partial charge in [-0.2, -0.15) is 0 Å². The van der Waals surface area contributed by atoms with E-state index in [0.717, 1.165) is 25.2 Å². The molecule has 0 unspecified atom stereocenters. The third-order valence-corrected chi connectivity index (χ3v) is 8.24. The number of hydrogen-bond acceptors (Lipinski definition) is 2. The van der Waals surface area contributed by atoms with Crippen molar-refractivity contribution in [3.63, 3.8) is 0 Å². The fourth-order valence-electron chi connectivity index (χ4n) is 5.46. The van der Waals surface area contributed by atoms with Gasteiger partial charge in [0.15, 0.2) is 0 Å². The van der Waals surface area contributed by atoms with Crippen LogP contribution < -0.4 is 0 Å². The highest BCUT2D eigenvalue weighted by atomic mass is 16.4. The largest absolute Gasteiger partial charge is 0.481 e. The molecule has 0 amide bonds. The molecule has 2 rings (SSSR count). The van der Waals surface area contributed by atoms with Gasteiger partial charge < -0.3 is 10.2 Å². The molecule has 3 heteroatoms. The number of aliphatic carboxylic acids is 1. The van der Waals surface area contributed by atoms with E-state index in [2.05, 4.69) is 27.7 Å². The second kappa shape index (κ2) is 13.7. The first-order valence-electron chi connectivity index (χ1n) is 12.7. The minimum absolute atomic E-state index is 0.0313. The van der Waals surface area contributed by atoms with Crippen molar-refractivity contribution in [2.75, 3.05) is 0 Å². The highest BCUT2D eigenvalue weighted by Crippen LogP contribution is 2.65. The first-order valence-corrected chi connectivity index (χ1v) is 12.7. The van der Waals surface area contributed by atoms with E-state index in [-0.39, 0.29) is 11.5 Å². The van der Waals surface area contributed by atoms with E-state index in [9.17, 15) is 9.90 Å². The monoisotopic (exact) mass is 410 g/mol. The van der Waals surface area contributed by atoms with Crippen molar-refractivity contribution in [1.82, 2.24) is 0 Å². The first-order chi connectivity index (χ1) is 13.8. The maximum Gasteiger partial charge on any atom is 0.303 e. The number of carboxylic acid groups (broad SMARTS) is 1. The number of carboxylic acids is 1. The number of carbonyl (C=O) groups is 1. The second-order valence-electron chi connectivity index (χ2n) is 10.5. The molecule has 0 spiro atoms. The highest BCUT2D eigenvalue weighted by Gasteiger charge is 2.60. The van der Waals surface area contributed by atoms with E-state index in [1.807, 2.05) is 0 Å². The van der Waals surface area contributed by atoms with Gasteiger partial charge in [0.1, 0.15) is 0 Å². The zero-order valence-electron chi connectivity index (χ0n) is 20.0. The molecular formula is C26H50O3. The summed E-state index contributed by atoms with van der Waals surface area (Å²) in [5.41, 5.74) is 0.601. The third kappa shape index (κ3) is 8.59. The average molecular weight is 411 g/mol. The first kappa shape index (κ1) is 26.5. The van der Waals surface area contributed by atoms with Gasteiger partial charge in [-0.05, 0) is 42.4 Å². The van der Waals surface area contributed by atoms with Crippen LogP contribution in [0.2, 0.25) is 0 Å². The Balaban J connectivity index is 0.000000321. The molecule has 0 heterocycles. The van der Waals surface area contributed by atoms with Crippen molar-refractivity contribution in [1.29, 1.82) is 0 Å². The normalized spacial score (nSPS) is 26.9. The highest BCUT2D eigenvalue weighted by molar-refractivity contribution is 5.66. The molecule has 0 aromatic carbocycles. The van der Waals surface area contributed by atoms with Gasteiger partial charge in [0, 0.05) is 6.42 Å². The lowest BCUT2D eigenvalue weighted by Gasteiger charge is -2.36. The molecule has 0 aromatic rings. The number of rotatable bonds is 14. The Kier molecular flexibility index (Phi) is 12.5. The molecule has 0 aromatic heterocycles. The topological polar surface area (TPSA) is 57.5 Å². The molecule has 172 valence electrons. The summed E-state index contributed by atoms with van der Waals surface area (Å²) in [6, 6.07) is 0. The van der Waals surface area contributed by atoms with Crippen molar-refractivity contribution >= 4 is 5.97 Å². The van der Waals surface area contributed by atoms with E-state index < -0.39 is 5.97 Å². The van der Waals surface area contributed by atoms with Crippen molar-refractivity contribution in [3.05, 3.63) is 0 Å². The summed E-state index contributed by atoms with van der Waals surface area (Å²) in [5.74, 6) is 0.126. The molecule has 0 radical (unpaired) electrons. The summed E-state index contributed by atoms with van der Waals surface area (Å²) in [4.78, 5) is 10.3. The smallest absolute Gasteiger partial charge is 0.303 e. The Labute approximate surface area is 181 Å². The van der Waals surface area contributed by atoms with Crippen molar-refractivity contribution in [2.45, 2.75) is 143 Å². The maximum atomic E-state index is 10.3. The summed E-state index contributed by atoms with van der Waals surface area (Å²) < 4.78 is 0. The minimum atomic E-state index is -0.655. The standard InChI is InChI=1S/C16H32O2.C10H18O/c1-2-3-4-5-6-7-8-9-10-11-12-13-14-15-16(17)18;1-9(2)7-4-5-10(9,3)8(11)6-7/h2-15H2,1H3,(H,17,18);7-8,11H,4-6H2,1-3H3/t;7-,8+,10-/m.1/s1. The summed E-state index contributed by atoms with van der Waals surface area (Å²) in [6.07, 6.45) is 20.8. The van der Waals surface area contributed by atoms with Crippen LogP contribution in [-0.2, 0) is 4.79 Å². The average Bonchev–Trinajstić information content (AvgIpc) is 2.99. The fourth-order valence-corrected chi connectivity index (χ4v) is 5.46. The maximum absolute atomic E-state index is 10.3. The van der Waals surface area contributed by atoms with Crippen LogP contribution in [0.25, 0.3) is 0 Å². The van der Waals surface area contributed by atoms with Crippen LogP contribution in [0.5, 0.6) is 0 Å². The Morgan fingerprint density at radius 3 is 1.55 bits per heavy atom. The second-order valence-corrected chi connectivity index (χ2v) is 10.5. The Bertz CT molecular complexity index is 445. The lowest BCUT2D eigenvalue weighted by molar-refractivity contribution is -0.137. The Hall–Kier alpha value is -0.570. The molecule has 2 aliphatic rings. The van der Waals surface area contributed by atoms with Gasteiger partial charge in [0.05, 0.1) is 6.10 Å². The van der Waals surface area contributed by atoms with E-state index in [1.54, 1.807) is 0 Å². The van der Waals surface area contributed by atoms with E-state index >= 15 is 0 Å². The quantitative estimate of drug-likeness (QED) is 0.288. The van der Waals surface area contributed by atoms with Gasteiger partial charge in [-0.25, -0.2) is 0 Å². The lowest BCUT2D eigenvalue weighted by atomic mass is 9.70. The van der Waals surface area contributed by atoms with Crippen LogP contribution in [-0.4, -0.2) is 22.3 Å². The van der Waals surface area contributed by atoms with Crippen molar-refractivity contribution < 1.29 is 15.0 Å². The molecule has 2 fully saturated rings. The zero-order valence-corrected chi connectivity index (χ0v) is 20.0. The molecule has 2 aliphatic carbocycles. The Morgan fingerprint density at radius 1 is 0.828 bits per heavy atom. The fraction of sp³-hybridized carbons (Fsp3) is 0.962. The molecule has 2 bridgehead atoms. The third-order valence-electron chi connectivity index (χ3n) is 8.24. The molecule has 29 heavy (non-hydrogen) atoms. The summed E-state index contributed by atoms with van der Waals surface area (Å²) in [5, 5.41) is 18.3. The predicted molar refractivity (Wildman–Crippen MR) is 123 cm³/mol. The van der Waals surface area contributed by atoms with Gasteiger partial charge in [-0.3, -0.25) is 4.79 Å². The molecule has 3 atom stereocenters. The summed E-state index contributed by atoms with van der Waals surface area (Å²) in [7, 11) is 0. The van der Waals surface area contributed by atoms with Gasteiger partial charge in [0.2, 0.25) is 0 Å². The van der Waals surface area contributed by atoms with Crippen LogP contribution in [0.4, 0.5) is 0 Å². The number of aliphatic hydroxyl groups is 1. The zero-order chi connectivity index (χ0) is 21.8.